The van der Waals surface area contributed by atoms with Gasteiger partial charge < -0.3 is 14.8 Å². The summed E-state index contributed by atoms with van der Waals surface area (Å²) < 4.78 is 4.47. The molecule has 0 aliphatic carbocycles. The van der Waals surface area contributed by atoms with Gasteiger partial charge in [-0.1, -0.05) is 45.4 Å². The predicted octanol–water partition coefficient (Wildman–Crippen LogP) is 1.86. The zero-order chi connectivity index (χ0) is 14.7. The molecule has 1 aromatic carbocycles. The number of benzene rings is 1. The molecule has 0 aromatic heterocycles. The van der Waals surface area contributed by atoms with Crippen molar-refractivity contribution in [3.63, 3.8) is 0 Å². The summed E-state index contributed by atoms with van der Waals surface area (Å²) in [6.45, 7) is 8.00. The fourth-order valence-corrected chi connectivity index (χ4v) is 1.26. The summed E-state index contributed by atoms with van der Waals surface area (Å²) in [5, 5.41) is 17.8. The van der Waals surface area contributed by atoms with Gasteiger partial charge >= 0.3 is 13.1 Å². The van der Waals surface area contributed by atoms with Gasteiger partial charge in [0.05, 0.1) is 12.7 Å². The lowest BCUT2D eigenvalue weighted by Crippen LogP contribution is -2.30. The third-order valence-corrected chi connectivity index (χ3v) is 2.03. The van der Waals surface area contributed by atoms with E-state index in [0.717, 1.165) is 0 Å². The summed E-state index contributed by atoms with van der Waals surface area (Å²) in [7, 11) is -0.389. The van der Waals surface area contributed by atoms with Gasteiger partial charge in [0.2, 0.25) is 0 Å². The second kappa shape index (κ2) is 11.1. The smallest absolute Gasteiger partial charge is 0.465 e. The van der Waals surface area contributed by atoms with Crippen LogP contribution in [0.25, 0.3) is 0 Å². The van der Waals surface area contributed by atoms with Crippen LogP contribution in [0.5, 0.6) is 0 Å². The zero-order valence-corrected chi connectivity index (χ0v) is 12.2. The minimum Gasteiger partial charge on any atom is -0.465 e. The van der Waals surface area contributed by atoms with Crippen LogP contribution in [0, 0.1) is 0 Å². The fraction of sp³-hybridized carbons (Fsp3) is 0.417. The Bertz CT molecular complexity index is 356. The summed E-state index contributed by atoms with van der Waals surface area (Å²) in [5.74, 6) is -0.522. The highest BCUT2D eigenvalue weighted by Crippen LogP contribution is 2.10. The first kappa shape index (κ1) is 19.3. The maximum atomic E-state index is 11.0. The largest absolute Gasteiger partial charge is 0.489 e. The van der Waals surface area contributed by atoms with Crippen LogP contribution in [0.2, 0.25) is 5.02 Å². The Morgan fingerprint density at radius 3 is 2.06 bits per heavy atom. The molecule has 0 heterocycles. The van der Waals surface area contributed by atoms with E-state index in [1.54, 1.807) is 0 Å². The van der Waals surface area contributed by atoms with Crippen molar-refractivity contribution in [1.29, 1.82) is 0 Å². The highest BCUT2D eigenvalue weighted by molar-refractivity contribution is 6.62. The zero-order valence-electron chi connectivity index (χ0n) is 11.4. The second-order valence-electron chi connectivity index (χ2n) is 2.60. The summed E-state index contributed by atoms with van der Waals surface area (Å²) in [5.41, 5.74) is 0.418. The molecule has 0 amide bonds. The highest BCUT2D eigenvalue weighted by Gasteiger charge is 2.16. The van der Waals surface area contributed by atoms with Crippen molar-refractivity contribution < 1.29 is 19.6 Å². The van der Waals surface area contributed by atoms with Gasteiger partial charge in [-0.15, -0.1) is 0 Å². The quantitative estimate of drug-likeness (QED) is 0.638. The van der Waals surface area contributed by atoms with Crippen molar-refractivity contribution in [2.45, 2.75) is 27.7 Å². The number of esters is 1. The van der Waals surface area contributed by atoms with Crippen LogP contribution >= 0.6 is 11.6 Å². The molecule has 0 saturated carbocycles. The Balaban J connectivity index is 0. The standard InChI is InChI=1S/C8H8BClO4.2C2H6/c1-14-8(11)5-2-3-6(9(12)13)7(10)4-5;2*1-2/h2-4,12-13H,1H3;2*1-2H3. The van der Waals surface area contributed by atoms with Crippen molar-refractivity contribution in [1.82, 2.24) is 0 Å². The molecule has 1 aromatic rings. The minimum absolute atomic E-state index is 0.114. The van der Waals surface area contributed by atoms with Crippen molar-refractivity contribution in [3.05, 3.63) is 28.8 Å². The fourth-order valence-electron chi connectivity index (χ4n) is 0.981. The first-order valence-corrected chi connectivity index (χ1v) is 6.18. The van der Waals surface area contributed by atoms with Gasteiger partial charge in [0, 0.05) is 10.5 Å². The molecule has 0 bridgehead atoms. The third-order valence-electron chi connectivity index (χ3n) is 1.70. The average molecular weight is 275 g/mol. The normalized spacial score (nSPS) is 8.22. The Morgan fingerprint density at radius 1 is 1.22 bits per heavy atom. The number of ether oxygens (including phenoxy) is 1. The number of carbonyl (C=O) groups is 1. The molecule has 0 saturated heterocycles. The van der Waals surface area contributed by atoms with E-state index in [1.165, 1.54) is 25.3 Å². The first-order chi connectivity index (χ1) is 8.56. The third kappa shape index (κ3) is 6.05. The van der Waals surface area contributed by atoms with Crippen molar-refractivity contribution in [3.8, 4) is 0 Å². The molecule has 0 radical (unpaired) electrons. The maximum Gasteiger partial charge on any atom is 0.489 e. The lowest BCUT2D eigenvalue weighted by atomic mass is 9.80. The molecule has 1 rings (SSSR count). The molecule has 0 spiro atoms. The van der Waals surface area contributed by atoms with E-state index in [4.69, 9.17) is 21.6 Å². The van der Waals surface area contributed by atoms with Crippen LogP contribution in [0.1, 0.15) is 38.1 Å². The molecule has 0 aliphatic rings. The van der Waals surface area contributed by atoms with Crippen LogP contribution < -0.4 is 5.46 Å². The summed E-state index contributed by atoms with van der Waals surface area (Å²) in [6.07, 6.45) is 0. The molecule has 18 heavy (non-hydrogen) atoms. The van der Waals surface area contributed by atoms with Gasteiger partial charge in [-0.2, -0.15) is 0 Å². The van der Waals surface area contributed by atoms with Gasteiger partial charge in [0.15, 0.2) is 0 Å². The number of hydrogen-bond acceptors (Lipinski definition) is 4. The lowest BCUT2D eigenvalue weighted by molar-refractivity contribution is 0.0600. The number of halogens is 1. The van der Waals surface area contributed by atoms with E-state index in [0.29, 0.717) is 0 Å². The number of rotatable bonds is 2. The molecule has 102 valence electrons. The van der Waals surface area contributed by atoms with Crippen LogP contribution in [-0.2, 0) is 4.74 Å². The molecular formula is C12H20BClO4. The second-order valence-corrected chi connectivity index (χ2v) is 3.01. The molecule has 4 nitrogen and oxygen atoms in total. The van der Waals surface area contributed by atoms with Gasteiger partial charge in [-0.25, -0.2) is 4.79 Å². The van der Waals surface area contributed by atoms with Gasteiger partial charge in [-0.05, 0) is 12.1 Å². The molecule has 0 aliphatic heterocycles. The van der Waals surface area contributed by atoms with E-state index < -0.39 is 13.1 Å². The summed E-state index contributed by atoms with van der Waals surface area (Å²) in [6, 6.07) is 4.09. The van der Waals surface area contributed by atoms with Crippen LogP contribution in [0.4, 0.5) is 0 Å². The van der Waals surface area contributed by atoms with Gasteiger partial charge in [0.1, 0.15) is 0 Å². The molecule has 0 atom stereocenters. The molecule has 0 fully saturated rings. The van der Waals surface area contributed by atoms with E-state index in [2.05, 4.69) is 4.74 Å². The highest BCUT2D eigenvalue weighted by atomic mass is 35.5. The van der Waals surface area contributed by atoms with E-state index in [1.807, 2.05) is 27.7 Å². The lowest BCUT2D eigenvalue weighted by Gasteiger charge is -2.04. The maximum absolute atomic E-state index is 11.0. The minimum atomic E-state index is -1.64. The molecular weight excluding hydrogens is 254 g/mol. The van der Waals surface area contributed by atoms with Crippen LogP contribution in [-0.4, -0.2) is 30.2 Å². The summed E-state index contributed by atoms with van der Waals surface area (Å²) >= 11 is 5.70. The molecule has 6 heteroatoms. The number of hydrogen-bond donors (Lipinski definition) is 2. The Morgan fingerprint density at radius 2 is 1.72 bits per heavy atom. The SMILES string of the molecule is CC.CC.COC(=O)c1ccc(B(O)O)c(Cl)c1. The van der Waals surface area contributed by atoms with Crippen LogP contribution in [0.3, 0.4) is 0 Å². The van der Waals surface area contributed by atoms with Crippen LogP contribution in [0.15, 0.2) is 18.2 Å². The topological polar surface area (TPSA) is 66.8 Å². The van der Waals surface area contributed by atoms with Crippen molar-refractivity contribution >= 4 is 30.2 Å². The molecule has 0 unspecified atom stereocenters. The van der Waals surface area contributed by atoms with E-state index in [-0.39, 0.29) is 16.0 Å². The average Bonchev–Trinajstić information content (AvgIpc) is 2.41. The Labute approximate surface area is 114 Å². The predicted molar refractivity (Wildman–Crippen MR) is 75.3 cm³/mol. The van der Waals surface area contributed by atoms with E-state index >= 15 is 0 Å². The van der Waals surface area contributed by atoms with Crippen molar-refractivity contribution in [2.75, 3.05) is 7.11 Å². The van der Waals surface area contributed by atoms with E-state index in [9.17, 15) is 4.79 Å². The Hall–Kier alpha value is -1.04. The number of methoxy groups -OCH3 is 1. The monoisotopic (exact) mass is 274 g/mol. The summed E-state index contributed by atoms with van der Waals surface area (Å²) in [4.78, 5) is 11.0. The van der Waals surface area contributed by atoms with Gasteiger partial charge in [0.25, 0.3) is 0 Å². The number of carbonyl (C=O) groups excluding carboxylic acids is 1. The molecule has 2 N–H and O–H groups in total. The van der Waals surface area contributed by atoms with Gasteiger partial charge in [-0.3, -0.25) is 0 Å². The Kier molecular flexibility index (Phi) is 11.9. The van der Waals surface area contributed by atoms with Crippen molar-refractivity contribution in [2.24, 2.45) is 0 Å². The first-order valence-electron chi connectivity index (χ1n) is 5.80.